The zero-order valence-corrected chi connectivity index (χ0v) is 15.0. The molecule has 1 aromatic rings. The van der Waals surface area contributed by atoms with Crippen LogP contribution in [0.25, 0.3) is 0 Å². The molecular weight excluding hydrogens is 361 g/mol. The number of nitrogens with one attached hydrogen (secondary N) is 1. The smallest absolute Gasteiger partial charge is 0.335 e. The fraction of sp³-hybridized carbons (Fsp3) is 0.611. The average Bonchev–Trinajstić information content (AvgIpc) is 2.68. The fourth-order valence-electron chi connectivity index (χ4n) is 3.50. The number of carbonyl (C=O) groups excluding carboxylic acids is 2. The Labute approximate surface area is 155 Å². The van der Waals surface area contributed by atoms with Crippen molar-refractivity contribution in [3.05, 3.63) is 29.6 Å². The highest BCUT2D eigenvalue weighted by Gasteiger charge is 2.33. The molecule has 0 radical (unpaired) electrons. The standard InChI is InChI=1S/C18H23F3N4O2/c19-18(20,21)15-7-6-13(12-22-15)16(26)24-8-10-25(11-9-24)17(27)23-14-4-2-1-3-5-14/h6-7,12,14H,1-5,8-11H2,(H,23,27). The molecule has 0 atom stereocenters. The molecule has 0 aromatic carbocycles. The number of alkyl halides is 3. The van der Waals surface area contributed by atoms with Crippen molar-refractivity contribution in [1.82, 2.24) is 20.1 Å². The summed E-state index contributed by atoms with van der Waals surface area (Å²) in [5, 5.41) is 3.05. The molecule has 6 nitrogen and oxygen atoms in total. The van der Waals surface area contributed by atoms with Crippen molar-refractivity contribution in [1.29, 1.82) is 0 Å². The minimum atomic E-state index is -4.53. The minimum Gasteiger partial charge on any atom is -0.335 e. The lowest BCUT2D eigenvalue weighted by molar-refractivity contribution is -0.141. The first-order chi connectivity index (χ1) is 12.8. The lowest BCUT2D eigenvalue weighted by atomic mass is 9.96. The third kappa shape index (κ3) is 4.90. The molecule has 9 heteroatoms. The maximum atomic E-state index is 12.6. The van der Waals surface area contributed by atoms with Crippen LogP contribution >= 0.6 is 0 Å². The summed E-state index contributed by atoms with van der Waals surface area (Å²) in [7, 11) is 0. The predicted octanol–water partition coefficient (Wildman–Crippen LogP) is 2.90. The van der Waals surface area contributed by atoms with Crippen LogP contribution in [0.15, 0.2) is 18.3 Å². The van der Waals surface area contributed by atoms with Gasteiger partial charge in [-0.05, 0) is 25.0 Å². The van der Waals surface area contributed by atoms with E-state index in [2.05, 4.69) is 10.3 Å². The average molecular weight is 384 g/mol. The molecule has 1 saturated carbocycles. The lowest BCUT2D eigenvalue weighted by Gasteiger charge is -2.36. The third-order valence-electron chi connectivity index (χ3n) is 5.09. The van der Waals surface area contributed by atoms with Gasteiger partial charge < -0.3 is 15.1 Å². The van der Waals surface area contributed by atoms with Crippen LogP contribution in [-0.2, 0) is 6.18 Å². The van der Waals surface area contributed by atoms with Crippen molar-refractivity contribution >= 4 is 11.9 Å². The number of rotatable bonds is 2. The van der Waals surface area contributed by atoms with Crippen LogP contribution in [0.2, 0.25) is 0 Å². The Kier molecular flexibility index (Phi) is 5.86. The summed E-state index contributed by atoms with van der Waals surface area (Å²) in [5.74, 6) is -0.372. The first-order valence-electron chi connectivity index (χ1n) is 9.22. The number of piperazine rings is 1. The van der Waals surface area contributed by atoms with E-state index in [0.717, 1.165) is 44.0 Å². The number of amides is 3. The molecule has 148 valence electrons. The van der Waals surface area contributed by atoms with Gasteiger partial charge in [-0.3, -0.25) is 9.78 Å². The summed E-state index contributed by atoms with van der Waals surface area (Å²) in [6.45, 7) is 1.49. The summed E-state index contributed by atoms with van der Waals surface area (Å²) in [5.41, 5.74) is -0.911. The highest BCUT2D eigenvalue weighted by atomic mass is 19.4. The van der Waals surface area contributed by atoms with Crippen LogP contribution in [0.3, 0.4) is 0 Å². The topological polar surface area (TPSA) is 65.5 Å². The number of aromatic nitrogens is 1. The third-order valence-corrected chi connectivity index (χ3v) is 5.09. The SMILES string of the molecule is O=C(NC1CCCCC1)N1CCN(C(=O)c2ccc(C(F)(F)F)nc2)CC1. The van der Waals surface area contributed by atoms with Gasteiger partial charge in [0.1, 0.15) is 5.69 Å². The van der Waals surface area contributed by atoms with E-state index < -0.39 is 11.9 Å². The Morgan fingerprint density at radius 2 is 1.63 bits per heavy atom. The van der Waals surface area contributed by atoms with Gasteiger partial charge >= 0.3 is 12.2 Å². The molecule has 0 bridgehead atoms. The summed E-state index contributed by atoms with van der Waals surface area (Å²) in [6, 6.07) is 2.07. The molecule has 1 aliphatic heterocycles. The van der Waals surface area contributed by atoms with Gasteiger partial charge in [-0.25, -0.2) is 4.79 Å². The van der Waals surface area contributed by atoms with Crippen molar-refractivity contribution in [2.75, 3.05) is 26.2 Å². The molecular formula is C18H23F3N4O2. The molecule has 3 amide bonds. The summed E-state index contributed by atoms with van der Waals surface area (Å²) in [4.78, 5) is 31.3. The largest absolute Gasteiger partial charge is 0.433 e. The highest BCUT2D eigenvalue weighted by Crippen LogP contribution is 2.27. The first kappa shape index (κ1) is 19.4. The first-order valence-corrected chi connectivity index (χ1v) is 9.22. The van der Waals surface area contributed by atoms with Crippen LogP contribution in [0.4, 0.5) is 18.0 Å². The molecule has 2 heterocycles. The van der Waals surface area contributed by atoms with E-state index in [1.165, 1.54) is 11.3 Å². The van der Waals surface area contributed by atoms with Crippen LogP contribution < -0.4 is 5.32 Å². The van der Waals surface area contributed by atoms with Crippen LogP contribution in [0.1, 0.15) is 48.2 Å². The van der Waals surface area contributed by atoms with Crippen molar-refractivity contribution in [3.63, 3.8) is 0 Å². The number of pyridine rings is 1. The molecule has 1 aliphatic carbocycles. The number of hydrogen-bond donors (Lipinski definition) is 1. The number of halogens is 3. The molecule has 3 rings (SSSR count). The minimum absolute atomic E-state index is 0.106. The highest BCUT2D eigenvalue weighted by molar-refractivity contribution is 5.94. The second-order valence-electron chi connectivity index (χ2n) is 6.99. The summed E-state index contributed by atoms with van der Waals surface area (Å²) in [6.07, 6.45) is 1.91. The molecule has 0 spiro atoms. The Hall–Kier alpha value is -2.32. The molecule has 1 N–H and O–H groups in total. The van der Waals surface area contributed by atoms with Crippen LogP contribution in [0, 0.1) is 0 Å². The Balaban J connectivity index is 1.50. The number of carbonyl (C=O) groups is 2. The molecule has 27 heavy (non-hydrogen) atoms. The van der Waals surface area contributed by atoms with Crippen molar-refractivity contribution in [2.45, 2.75) is 44.3 Å². The monoisotopic (exact) mass is 384 g/mol. The van der Waals surface area contributed by atoms with Crippen molar-refractivity contribution in [3.8, 4) is 0 Å². The Morgan fingerprint density at radius 1 is 1.00 bits per heavy atom. The maximum absolute atomic E-state index is 12.6. The van der Waals surface area contributed by atoms with E-state index in [1.54, 1.807) is 4.90 Å². The van der Waals surface area contributed by atoms with E-state index in [9.17, 15) is 22.8 Å². The van der Waals surface area contributed by atoms with Gasteiger partial charge in [-0.15, -0.1) is 0 Å². The zero-order chi connectivity index (χ0) is 19.4. The van der Waals surface area contributed by atoms with E-state index in [0.29, 0.717) is 26.2 Å². The predicted molar refractivity (Wildman–Crippen MR) is 92.1 cm³/mol. The normalized spacial score (nSPS) is 19.1. The zero-order valence-electron chi connectivity index (χ0n) is 15.0. The van der Waals surface area contributed by atoms with E-state index in [4.69, 9.17) is 0 Å². The van der Waals surface area contributed by atoms with Crippen LogP contribution in [-0.4, -0.2) is 58.9 Å². The molecule has 2 fully saturated rings. The molecule has 1 saturated heterocycles. The Morgan fingerprint density at radius 3 is 2.19 bits per heavy atom. The van der Waals surface area contributed by atoms with Gasteiger partial charge in [0.15, 0.2) is 0 Å². The van der Waals surface area contributed by atoms with Gasteiger partial charge in [0.05, 0.1) is 5.56 Å². The van der Waals surface area contributed by atoms with Crippen LogP contribution in [0.5, 0.6) is 0 Å². The van der Waals surface area contributed by atoms with Gasteiger partial charge in [0.25, 0.3) is 5.91 Å². The molecule has 2 aliphatic rings. The summed E-state index contributed by atoms with van der Waals surface area (Å²) < 4.78 is 37.7. The van der Waals surface area contributed by atoms with Crippen molar-refractivity contribution in [2.24, 2.45) is 0 Å². The van der Waals surface area contributed by atoms with E-state index >= 15 is 0 Å². The maximum Gasteiger partial charge on any atom is 0.433 e. The van der Waals surface area contributed by atoms with E-state index in [1.807, 2.05) is 0 Å². The number of urea groups is 1. The number of nitrogens with zero attached hydrogens (tertiary/aromatic N) is 3. The quantitative estimate of drug-likeness (QED) is 0.853. The second-order valence-corrected chi connectivity index (χ2v) is 6.99. The van der Waals surface area contributed by atoms with Gasteiger partial charge in [0.2, 0.25) is 0 Å². The van der Waals surface area contributed by atoms with E-state index in [-0.39, 0.29) is 23.5 Å². The molecule has 1 aromatic heterocycles. The lowest BCUT2D eigenvalue weighted by Crippen LogP contribution is -2.54. The second kappa shape index (κ2) is 8.14. The van der Waals surface area contributed by atoms with Gasteiger partial charge in [-0.2, -0.15) is 13.2 Å². The molecule has 0 unspecified atom stereocenters. The summed E-state index contributed by atoms with van der Waals surface area (Å²) >= 11 is 0. The fourth-order valence-corrected chi connectivity index (χ4v) is 3.50. The van der Waals surface area contributed by atoms with Gasteiger partial charge in [-0.1, -0.05) is 19.3 Å². The van der Waals surface area contributed by atoms with Gasteiger partial charge in [0, 0.05) is 38.4 Å². The number of hydrogen-bond acceptors (Lipinski definition) is 3. The van der Waals surface area contributed by atoms with Crippen molar-refractivity contribution < 1.29 is 22.8 Å². The Bertz CT molecular complexity index is 664.